The summed E-state index contributed by atoms with van der Waals surface area (Å²) in [5.41, 5.74) is 2.13. The van der Waals surface area contributed by atoms with Crippen LogP contribution in [-0.4, -0.2) is 20.3 Å². The number of phenols is 1. The number of hydrogen-bond acceptors (Lipinski definition) is 4. The van der Waals surface area contributed by atoms with Gasteiger partial charge < -0.3 is 10.4 Å². The Morgan fingerprint density at radius 1 is 1.32 bits per heavy atom. The molecule has 96 valence electrons. The summed E-state index contributed by atoms with van der Waals surface area (Å²) in [5.74, 6) is 0.997. The minimum absolute atomic E-state index is 0.239. The van der Waals surface area contributed by atoms with Crippen LogP contribution in [0.5, 0.6) is 5.75 Å². The Balaban J connectivity index is 1.92. The van der Waals surface area contributed by atoms with Crippen LogP contribution in [0.25, 0.3) is 10.8 Å². The van der Waals surface area contributed by atoms with Crippen LogP contribution in [0.1, 0.15) is 11.3 Å². The van der Waals surface area contributed by atoms with E-state index in [1.54, 1.807) is 24.5 Å². The zero-order chi connectivity index (χ0) is 13.2. The highest BCUT2D eigenvalue weighted by Crippen LogP contribution is 2.25. The number of rotatable bonds is 3. The number of phenolic OH excluding ortho intramolecular Hbond substituents is 1. The smallest absolute Gasteiger partial charge is 0.134 e. The first kappa shape index (κ1) is 11.5. The molecule has 0 radical (unpaired) electrons. The lowest BCUT2D eigenvalue weighted by Crippen LogP contribution is -2.02. The quantitative estimate of drug-likeness (QED) is 0.671. The van der Waals surface area contributed by atoms with Crippen LogP contribution >= 0.6 is 0 Å². The largest absolute Gasteiger partial charge is 0.508 e. The fourth-order valence-electron chi connectivity index (χ4n) is 2.03. The Hall–Kier alpha value is -2.56. The SMILES string of the molecule is Cc1[nH]ncc1CNc1nccc2ccc(O)cc12. The standard InChI is InChI=1S/C14H14N4O/c1-9-11(8-17-18-9)7-16-14-13-6-12(19)3-2-10(13)4-5-15-14/h2-6,8,19H,7H2,1H3,(H,15,16)(H,17,18). The number of nitrogens with zero attached hydrogens (tertiary/aromatic N) is 2. The maximum atomic E-state index is 9.58. The highest BCUT2D eigenvalue weighted by molar-refractivity contribution is 5.92. The summed E-state index contributed by atoms with van der Waals surface area (Å²) in [6.07, 6.45) is 3.55. The van der Waals surface area contributed by atoms with Gasteiger partial charge in [0, 0.05) is 29.4 Å². The summed E-state index contributed by atoms with van der Waals surface area (Å²) in [5, 5.41) is 21.7. The molecule has 2 aromatic heterocycles. The molecule has 1 aromatic carbocycles. The van der Waals surface area contributed by atoms with E-state index < -0.39 is 0 Å². The van der Waals surface area contributed by atoms with Crippen LogP contribution in [-0.2, 0) is 6.54 Å². The van der Waals surface area contributed by atoms with E-state index in [4.69, 9.17) is 0 Å². The molecule has 0 aliphatic heterocycles. The van der Waals surface area contributed by atoms with Crippen molar-refractivity contribution in [1.29, 1.82) is 0 Å². The maximum absolute atomic E-state index is 9.58. The van der Waals surface area contributed by atoms with Gasteiger partial charge >= 0.3 is 0 Å². The number of aromatic nitrogens is 3. The van der Waals surface area contributed by atoms with Crippen LogP contribution in [0.3, 0.4) is 0 Å². The molecule has 0 spiro atoms. The van der Waals surface area contributed by atoms with Crippen molar-refractivity contribution in [3.63, 3.8) is 0 Å². The second-order valence-corrected chi connectivity index (χ2v) is 4.44. The predicted octanol–water partition coefficient (Wildman–Crippen LogP) is 2.58. The second kappa shape index (κ2) is 4.61. The number of pyridine rings is 1. The van der Waals surface area contributed by atoms with E-state index in [0.29, 0.717) is 6.54 Å². The van der Waals surface area contributed by atoms with Crippen LogP contribution in [0.15, 0.2) is 36.7 Å². The molecule has 0 aliphatic rings. The van der Waals surface area contributed by atoms with Gasteiger partial charge in [0.05, 0.1) is 6.20 Å². The summed E-state index contributed by atoms with van der Waals surface area (Å²) in [6.45, 7) is 2.62. The fourth-order valence-corrected chi connectivity index (χ4v) is 2.03. The average molecular weight is 254 g/mol. The first-order valence-electron chi connectivity index (χ1n) is 6.04. The molecule has 5 nitrogen and oxygen atoms in total. The van der Waals surface area contributed by atoms with Crippen molar-refractivity contribution in [2.45, 2.75) is 13.5 Å². The minimum atomic E-state index is 0.239. The number of H-pyrrole nitrogens is 1. The third kappa shape index (κ3) is 2.22. The van der Waals surface area contributed by atoms with E-state index in [9.17, 15) is 5.11 Å². The van der Waals surface area contributed by atoms with Crippen LogP contribution < -0.4 is 5.32 Å². The lowest BCUT2D eigenvalue weighted by atomic mass is 10.1. The molecule has 0 amide bonds. The van der Waals surface area contributed by atoms with Crippen molar-refractivity contribution in [1.82, 2.24) is 15.2 Å². The molecule has 0 fully saturated rings. The van der Waals surface area contributed by atoms with E-state index in [-0.39, 0.29) is 5.75 Å². The molecule has 5 heteroatoms. The molecular weight excluding hydrogens is 240 g/mol. The first-order chi connectivity index (χ1) is 9.24. The predicted molar refractivity (Wildman–Crippen MR) is 74.1 cm³/mol. The van der Waals surface area contributed by atoms with Crippen molar-refractivity contribution in [2.75, 3.05) is 5.32 Å². The monoisotopic (exact) mass is 254 g/mol. The summed E-state index contributed by atoms with van der Waals surface area (Å²) in [4.78, 5) is 4.32. The van der Waals surface area contributed by atoms with E-state index in [2.05, 4.69) is 20.5 Å². The lowest BCUT2D eigenvalue weighted by Gasteiger charge is -2.08. The zero-order valence-corrected chi connectivity index (χ0v) is 10.5. The fraction of sp³-hybridized carbons (Fsp3) is 0.143. The molecule has 0 bridgehead atoms. The summed E-state index contributed by atoms with van der Waals surface area (Å²) in [6, 6.07) is 7.18. The highest BCUT2D eigenvalue weighted by Gasteiger charge is 2.05. The highest BCUT2D eigenvalue weighted by atomic mass is 16.3. The second-order valence-electron chi connectivity index (χ2n) is 4.44. The van der Waals surface area contributed by atoms with E-state index in [0.717, 1.165) is 27.8 Å². The van der Waals surface area contributed by atoms with Gasteiger partial charge in [-0.25, -0.2) is 4.98 Å². The van der Waals surface area contributed by atoms with Crippen molar-refractivity contribution in [3.05, 3.63) is 47.9 Å². The molecular formula is C14H14N4O. The minimum Gasteiger partial charge on any atom is -0.508 e. The van der Waals surface area contributed by atoms with Gasteiger partial charge in [0.15, 0.2) is 0 Å². The van der Waals surface area contributed by atoms with Crippen molar-refractivity contribution in [3.8, 4) is 5.75 Å². The van der Waals surface area contributed by atoms with Gasteiger partial charge in [0.1, 0.15) is 11.6 Å². The van der Waals surface area contributed by atoms with Gasteiger partial charge in [-0.3, -0.25) is 5.10 Å². The average Bonchev–Trinajstić information content (AvgIpc) is 2.82. The molecule has 0 aliphatic carbocycles. The number of aromatic hydroxyl groups is 1. The normalized spacial score (nSPS) is 10.8. The zero-order valence-electron chi connectivity index (χ0n) is 10.5. The summed E-state index contributed by atoms with van der Waals surface area (Å²) < 4.78 is 0. The molecule has 3 aromatic rings. The third-order valence-electron chi connectivity index (χ3n) is 3.13. The van der Waals surface area contributed by atoms with Crippen LogP contribution in [0, 0.1) is 6.92 Å². The molecule has 0 atom stereocenters. The van der Waals surface area contributed by atoms with E-state index >= 15 is 0 Å². The van der Waals surface area contributed by atoms with Crippen molar-refractivity contribution < 1.29 is 5.11 Å². The summed E-state index contributed by atoms with van der Waals surface area (Å²) >= 11 is 0. The molecule has 19 heavy (non-hydrogen) atoms. The Kier molecular flexibility index (Phi) is 2.79. The van der Waals surface area contributed by atoms with Crippen LogP contribution in [0.2, 0.25) is 0 Å². The first-order valence-corrected chi connectivity index (χ1v) is 6.04. The van der Waals surface area contributed by atoms with Gasteiger partial charge in [0.2, 0.25) is 0 Å². The number of anilines is 1. The Morgan fingerprint density at radius 2 is 2.21 bits per heavy atom. The Labute approximate surface area is 110 Å². The van der Waals surface area contributed by atoms with Crippen LogP contribution in [0.4, 0.5) is 5.82 Å². The Bertz CT molecular complexity index is 720. The topological polar surface area (TPSA) is 73.8 Å². The molecule has 0 saturated carbocycles. The number of nitrogens with one attached hydrogen (secondary N) is 2. The van der Waals surface area contributed by atoms with Gasteiger partial charge in [-0.15, -0.1) is 0 Å². The molecule has 0 unspecified atom stereocenters. The third-order valence-corrected chi connectivity index (χ3v) is 3.13. The lowest BCUT2D eigenvalue weighted by molar-refractivity contribution is 0.476. The molecule has 3 rings (SSSR count). The van der Waals surface area contributed by atoms with Crippen molar-refractivity contribution >= 4 is 16.6 Å². The van der Waals surface area contributed by atoms with Gasteiger partial charge in [0.25, 0.3) is 0 Å². The number of aromatic amines is 1. The van der Waals surface area contributed by atoms with Gasteiger partial charge in [-0.05, 0) is 30.5 Å². The van der Waals surface area contributed by atoms with E-state index in [1.807, 2.05) is 19.1 Å². The number of fused-ring (bicyclic) bond motifs is 1. The molecule has 0 saturated heterocycles. The van der Waals surface area contributed by atoms with E-state index in [1.165, 1.54) is 0 Å². The number of benzene rings is 1. The van der Waals surface area contributed by atoms with Gasteiger partial charge in [-0.1, -0.05) is 6.07 Å². The van der Waals surface area contributed by atoms with Gasteiger partial charge in [-0.2, -0.15) is 5.10 Å². The number of hydrogen-bond donors (Lipinski definition) is 3. The summed E-state index contributed by atoms with van der Waals surface area (Å²) in [7, 11) is 0. The Morgan fingerprint density at radius 3 is 3.00 bits per heavy atom. The molecule has 2 heterocycles. The van der Waals surface area contributed by atoms with Crippen molar-refractivity contribution in [2.24, 2.45) is 0 Å². The number of aryl methyl sites for hydroxylation is 1. The molecule has 3 N–H and O–H groups in total. The maximum Gasteiger partial charge on any atom is 0.134 e.